The van der Waals surface area contributed by atoms with E-state index in [9.17, 15) is 4.79 Å². The van der Waals surface area contributed by atoms with Gasteiger partial charge in [0.05, 0.1) is 13.2 Å². The highest BCUT2D eigenvalue weighted by Crippen LogP contribution is 2.19. The molecule has 0 unspecified atom stereocenters. The van der Waals surface area contributed by atoms with Gasteiger partial charge in [-0.25, -0.2) is 5.48 Å². The number of rotatable bonds is 6. The molecule has 0 radical (unpaired) electrons. The maximum absolute atomic E-state index is 11.8. The zero-order valence-electron chi connectivity index (χ0n) is 10.2. The molecule has 5 nitrogen and oxygen atoms in total. The second-order valence-electron chi connectivity index (χ2n) is 3.82. The van der Waals surface area contributed by atoms with Crippen LogP contribution < -0.4 is 5.48 Å². The maximum atomic E-state index is 11.8. The van der Waals surface area contributed by atoms with E-state index in [1.54, 1.807) is 13.2 Å². The van der Waals surface area contributed by atoms with Crippen LogP contribution in [0.4, 0.5) is 0 Å². The molecule has 0 saturated carbocycles. The summed E-state index contributed by atoms with van der Waals surface area (Å²) in [7, 11) is 1.58. The minimum atomic E-state index is -0.263. The van der Waals surface area contributed by atoms with Crippen LogP contribution in [0.3, 0.4) is 0 Å². The number of nitrogens with one attached hydrogen (secondary N) is 1. The molecule has 6 heteroatoms. The van der Waals surface area contributed by atoms with Gasteiger partial charge in [0, 0.05) is 23.8 Å². The van der Waals surface area contributed by atoms with E-state index in [1.807, 2.05) is 24.6 Å². The molecule has 0 aliphatic carbocycles. The highest BCUT2D eigenvalue weighted by molar-refractivity contribution is 9.10. The third-order valence-electron chi connectivity index (χ3n) is 2.16. The highest BCUT2D eigenvalue weighted by atomic mass is 79.9. The molecule has 0 bridgehead atoms. The number of hydrogen-bond donors (Lipinski definition) is 1. The molecule has 1 heterocycles. The summed E-state index contributed by atoms with van der Waals surface area (Å²) in [6, 6.07) is 1.97. The molecule has 1 N–H and O–H groups in total. The number of hydrogen-bond acceptors (Lipinski definition) is 3. The number of amides is 1. The molecule has 1 aromatic rings. The molecular formula is C11H17BrN2O3. The molecule has 1 rings (SSSR count). The van der Waals surface area contributed by atoms with Crippen molar-refractivity contribution in [1.82, 2.24) is 10.0 Å². The predicted octanol–water partition coefficient (Wildman–Crippen LogP) is 2.14. The quantitative estimate of drug-likeness (QED) is 0.647. The SMILES string of the molecule is COCCONC(=O)c1cc(Br)cn1C(C)C. The first kappa shape index (κ1) is 14.2. The lowest BCUT2D eigenvalue weighted by molar-refractivity contribution is 0.00827. The first-order valence-corrected chi connectivity index (χ1v) is 6.14. The Labute approximate surface area is 109 Å². The summed E-state index contributed by atoms with van der Waals surface area (Å²) in [5.41, 5.74) is 2.94. The smallest absolute Gasteiger partial charge is 0.291 e. The summed E-state index contributed by atoms with van der Waals surface area (Å²) in [5.74, 6) is -0.263. The lowest BCUT2D eigenvalue weighted by Gasteiger charge is -2.12. The standard InChI is InChI=1S/C11H17BrN2O3/c1-8(2)14-7-9(12)6-10(14)11(15)13-17-5-4-16-3/h6-8H,4-5H2,1-3H3,(H,13,15). The van der Waals surface area contributed by atoms with Crippen LogP contribution in [0.25, 0.3) is 0 Å². The zero-order chi connectivity index (χ0) is 12.8. The van der Waals surface area contributed by atoms with E-state index in [0.29, 0.717) is 18.9 Å². The van der Waals surface area contributed by atoms with Gasteiger partial charge >= 0.3 is 0 Å². The van der Waals surface area contributed by atoms with Crippen molar-refractivity contribution in [2.75, 3.05) is 20.3 Å². The fraction of sp³-hybridized carbons (Fsp3) is 0.545. The Bertz CT molecular complexity index is 377. The first-order chi connectivity index (χ1) is 8.06. The summed E-state index contributed by atoms with van der Waals surface area (Å²) in [4.78, 5) is 16.8. The van der Waals surface area contributed by atoms with E-state index in [0.717, 1.165) is 4.47 Å². The van der Waals surface area contributed by atoms with Crippen molar-refractivity contribution in [3.8, 4) is 0 Å². The Morgan fingerprint density at radius 1 is 1.53 bits per heavy atom. The third-order valence-corrected chi connectivity index (χ3v) is 2.59. The Morgan fingerprint density at radius 3 is 2.82 bits per heavy atom. The number of aromatic nitrogens is 1. The Morgan fingerprint density at radius 2 is 2.24 bits per heavy atom. The van der Waals surface area contributed by atoms with Crippen molar-refractivity contribution in [2.24, 2.45) is 0 Å². The first-order valence-electron chi connectivity index (χ1n) is 5.34. The molecule has 0 aliphatic heterocycles. The van der Waals surface area contributed by atoms with Gasteiger partial charge in [-0.2, -0.15) is 0 Å². The molecule has 0 aromatic carbocycles. The van der Waals surface area contributed by atoms with E-state index < -0.39 is 0 Å². The van der Waals surface area contributed by atoms with Crippen molar-refractivity contribution in [2.45, 2.75) is 19.9 Å². The molecular weight excluding hydrogens is 288 g/mol. The summed E-state index contributed by atoms with van der Waals surface area (Å²) >= 11 is 3.35. The molecule has 1 amide bonds. The van der Waals surface area contributed by atoms with Crippen molar-refractivity contribution >= 4 is 21.8 Å². The van der Waals surface area contributed by atoms with Crippen LogP contribution in [0.1, 0.15) is 30.4 Å². The van der Waals surface area contributed by atoms with Gasteiger partial charge in [0.25, 0.3) is 5.91 Å². The highest BCUT2D eigenvalue weighted by Gasteiger charge is 2.14. The Kier molecular flexibility index (Phi) is 5.67. The van der Waals surface area contributed by atoms with E-state index in [4.69, 9.17) is 9.57 Å². The van der Waals surface area contributed by atoms with Gasteiger partial charge in [0.1, 0.15) is 5.69 Å². The van der Waals surface area contributed by atoms with E-state index in [-0.39, 0.29) is 11.9 Å². The lowest BCUT2D eigenvalue weighted by Crippen LogP contribution is -2.27. The molecule has 96 valence electrons. The van der Waals surface area contributed by atoms with E-state index >= 15 is 0 Å². The van der Waals surface area contributed by atoms with Crippen molar-refractivity contribution in [1.29, 1.82) is 0 Å². The molecule has 0 spiro atoms. The second kappa shape index (κ2) is 6.78. The average Bonchev–Trinajstić information content (AvgIpc) is 2.66. The van der Waals surface area contributed by atoms with E-state index in [2.05, 4.69) is 21.4 Å². The van der Waals surface area contributed by atoms with Crippen molar-refractivity contribution in [3.05, 3.63) is 22.4 Å². The number of halogens is 1. The van der Waals surface area contributed by atoms with Gasteiger partial charge in [0.2, 0.25) is 0 Å². The van der Waals surface area contributed by atoms with Crippen LogP contribution in [0.15, 0.2) is 16.7 Å². The summed E-state index contributed by atoms with van der Waals surface area (Å²) < 4.78 is 7.55. The fourth-order valence-corrected chi connectivity index (χ4v) is 1.79. The second-order valence-corrected chi connectivity index (χ2v) is 4.73. The number of nitrogens with zero attached hydrogens (tertiary/aromatic N) is 1. The monoisotopic (exact) mass is 304 g/mol. The number of ether oxygens (including phenoxy) is 1. The molecule has 0 saturated heterocycles. The normalized spacial score (nSPS) is 10.9. The Balaban J connectivity index is 2.62. The van der Waals surface area contributed by atoms with Crippen LogP contribution in [0.5, 0.6) is 0 Å². The minimum Gasteiger partial charge on any atom is -0.382 e. The zero-order valence-corrected chi connectivity index (χ0v) is 11.8. The van der Waals surface area contributed by atoms with Crippen LogP contribution in [-0.4, -0.2) is 30.8 Å². The summed E-state index contributed by atoms with van der Waals surface area (Å²) in [5, 5.41) is 0. The van der Waals surface area contributed by atoms with E-state index in [1.165, 1.54) is 0 Å². The van der Waals surface area contributed by atoms with Gasteiger partial charge in [-0.05, 0) is 35.8 Å². The largest absolute Gasteiger partial charge is 0.382 e. The summed E-state index contributed by atoms with van der Waals surface area (Å²) in [6.07, 6.45) is 1.87. The molecule has 0 aliphatic rings. The molecule has 1 aromatic heterocycles. The lowest BCUT2D eigenvalue weighted by atomic mass is 10.3. The number of carbonyl (C=O) groups is 1. The number of carbonyl (C=O) groups excluding carboxylic acids is 1. The van der Waals surface area contributed by atoms with Gasteiger partial charge in [-0.15, -0.1) is 0 Å². The molecule has 0 atom stereocenters. The fourth-order valence-electron chi connectivity index (χ4n) is 1.35. The van der Waals surface area contributed by atoms with Crippen LogP contribution in [-0.2, 0) is 9.57 Å². The average molecular weight is 305 g/mol. The topological polar surface area (TPSA) is 52.5 Å². The number of hydroxylamine groups is 1. The predicted molar refractivity (Wildman–Crippen MR) is 67.8 cm³/mol. The molecule has 17 heavy (non-hydrogen) atoms. The Hall–Kier alpha value is -0.850. The molecule has 0 fully saturated rings. The maximum Gasteiger partial charge on any atom is 0.291 e. The van der Waals surface area contributed by atoms with Crippen LogP contribution in [0.2, 0.25) is 0 Å². The van der Waals surface area contributed by atoms with Crippen molar-refractivity contribution < 1.29 is 14.4 Å². The van der Waals surface area contributed by atoms with Gasteiger partial charge in [-0.1, -0.05) is 0 Å². The van der Waals surface area contributed by atoms with Crippen LogP contribution in [0, 0.1) is 0 Å². The number of methoxy groups -OCH3 is 1. The minimum absolute atomic E-state index is 0.209. The third kappa shape index (κ3) is 4.14. The van der Waals surface area contributed by atoms with Gasteiger partial charge in [-0.3, -0.25) is 9.63 Å². The van der Waals surface area contributed by atoms with Crippen LogP contribution >= 0.6 is 15.9 Å². The van der Waals surface area contributed by atoms with Gasteiger partial charge in [0.15, 0.2) is 0 Å². The van der Waals surface area contributed by atoms with Crippen molar-refractivity contribution in [3.63, 3.8) is 0 Å². The summed E-state index contributed by atoms with van der Waals surface area (Å²) in [6.45, 7) is 4.78. The van der Waals surface area contributed by atoms with Gasteiger partial charge < -0.3 is 9.30 Å².